The molecule has 0 aromatic heterocycles. The molecule has 3 atom stereocenters. The minimum atomic E-state index is -2.25. The maximum atomic E-state index is 13.2. The second-order valence-corrected chi connectivity index (χ2v) is 16.7. The van der Waals surface area contributed by atoms with E-state index in [4.69, 9.17) is 39.7 Å². The van der Waals surface area contributed by atoms with Crippen LogP contribution in [0, 0.1) is 5.92 Å². The molecule has 0 amide bonds. The number of ether oxygens (including phenoxy) is 5. The SMILES string of the molecule is COc1cc([C@@H]2c3cc4c(c(O)c3C[C@H]3COC(=O)[C@@]32Cl)OCO4)cc(OC)c1O[Si](C)(C)C(C)(C)C. The zero-order valence-corrected chi connectivity index (χ0v) is 23.9. The number of hydrogen-bond acceptors (Lipinski definition) is 8. The van der Waals surface area contributed by atoms with Gasteiger partial charge in [0, 0.05) is 17.4 Å². The Balaban J connectivity index is 1.72. The van der Waals surface area contributed by atoms with Gasteiger partial charge in [0.15, 0.2) is 33.6 Å². The van der Waals surface area contributed by atoms with E-state index in [9.17, 15) is 9.90 Å². The van der Waals surface area contributed by atoms with Crippen LogP contribution in [0.25, 0.3) is 0 Å². The number of phenols is 1. The number of aromatic hydroxyl groups is 1. The number of fused-ring (bicyclic) bond motifs is 3. The monoisotopic (exact) mass is 548 g/mol. The summed E-state index contributed by atoms with van der Waals surface area (Å²) in [4.78, 5) is 11.8. The molecule has 8 nitrogen and oxygen atoms in total. The number of alkyl halides is 1. The Morgan fingerprint density at radius 3 is 2.32 bits per heavy atom. The van der Waals surface area contributed by atoms with Crippen molar-refractivity contribution in [2.45, 2.75) is 56.1 Å². The standard InChI is InChI=1S/C27H33ClO8Si/c1-26(2,3)37(6,7)36-23-18(31-4)8-14(9-19(23)32-5)21-16-11-20-24(35-13-34-20)22(29)17(16)10-15-12-33-25(30)27(15,21)28/h8-9,11,15,21,29H,10,12-13H2,1-7H3/t15-,21+,27+/m0/s1. The smallest absolute Gasteiger partial charge is 0.328 e. The second kappa shape index (κ2) is 8.63. The van der Waals surface area contributed by atoms with Crippen LogP contribution in [-0.2, 0) is 16.0 Å². The van der Waals surface area contributed by atoms with Gasteiger partial charge in [-0.3, -0.25) is 4.79 Å². The van der Waals surface area contributed by atoms with E-state index in [1.54, 1.807) is 20.3 Å². The maximum absolute atomic E-state index is 13.2. The molecule has 1 aliphatic carbocycles. The van der Waals surface area contributed by atoms with Gasteiger partial charge >= 0.3 is 5.97 Å². The molecule has 2 heterocycles. The summed E-state index contributed by atoms with van der Waals surface area (Å²) in [6.07, 6.45) is 0.365. The number of benzene rings is 2. The summed E-state index contributed by atoms with van der Waals surface area (Å²) < 4.78 is 34.8. The summed E-state index contributed by atoms with van der Waals surface area (Å²) in [7, 11) is 0.891. The van der Waals surface area contributed by atoms with Gasteiger partial charge in [-0.15, -0.1) is 11.6 Å². The molecule has 200 valence electrons. The number of carbonyl (C=O) groups is 1. The van der Waals surface area contributed by atoms with E-state index in [0.717, 1.165) is 0 Å². The molecule has 5 rings (SSSR count). The highest BCUT2D eigenvalue weighted by molar-refractivity contribution is 6.74. The molecule has 1 saturated heterocycles. The lowest BCUT2D eigenvalue weighted by molar-refractivity contribution is -0.140. The molecular formula is C27H33ClO8Si. The van der Waals surface area contributed by atoms with Gasteiger partial charge in [-0.1, -0.05) is 20.8 Å². The van der Waals surface area contributed by atoms with Crippen molar-refractivity contribution in [1.82, 2.24) is 0 Å². The largest absolute Gasteiger partial charge is 0.539 e. The predicted octanol–water partition coefficient (Wildman–Crippen LogP) is 5.36. The van der Waals surface area contributed by atoms with E-state index in [1.165, 1.54) is 0 Å². The summed E-state index contributed by atoms with van der Waals surface area (Å²) in [5.41, 5.74) is 2.01. The van der Waals surface area contributed by atoms with Gasteiger partial charge < -0.3 is 33.2 Å². The molecule has 0 spiro atoms. The molecule has 1 N–H and O–H groups in total. The van der Waals surface area contributed by atoms with Crippen LogP contribution >= 0.6 is 11.6 Å². The number of carbonyl (C=O) groups excluding carboxylic acids is 1. The van der Waals surface area contributed by atoms with Crippen LogP contribution in [-0.4, -0.2) is 51.9 Å². The first-order valence-electron chi connectivity index (χ1n) is 12.3. The number of cyclic esters (lactones) is 1. The minimum absolute atomic E-state index is 0.00451. The molecule has 2 aromatic rings. The van der Waals surface area contributed by atoms with Gasteiger partial charge in [0.05, 0.1) is 20.8 Å². The van der Waals surface area contributed by atoms with Gasteiger partial charge in [0.25, 0.3) is 8.32 Å². The van der Waals surface area contributed by atoms with E-state index in [-0.39, 0.29) is 30.1 Å². The van der Waals surface area contributed by atoms with Crippen LogP contribution in [0.3, 0.4) is 0 Å². The third-order valence-electron chi connectivity index (χ3n) is 8.26. The van der Waals surface area contributed by atoms with Gasteiger partial charge in [-0.2, -0.15) is 0 Å². The van der Waals surface area contributed by atoms with Crippen molar-refractivity contribution >= 4 is 25.9 Å². The van der Waals surface area contributed by atoms with Crippen molar-refractivity contribution < 1.29 is 38.0 Å². The van der Waals surface area contributed by atoms with Crippen molar-refractivity contribution in [3.8, 4) is 34.5 Å². The predicted molar refractivity (Wildman–Crippen MR) is 140 cm³/mol. The van der Waals surface area contributed by atoms with Crippen molar-refractivity contribution in [2.24, 2.45) is 5.92 Å². The highest BCUT2D eigenvalue weighted by Gasteiger charge is 2.61. The lowest BCUT2D eigenvalue weighted by Crippen LogP contribution is -2.46. The number of rotatable bonds is 5. The first kappa shape index (κ1) is 25.8. The normalized spacial score (nSPS) is 24.3. The molecular weight excluding hydrogens is 516 g/mol. The first-order chi connectivity index (χ1) is 17.3. The van der Waals surface area contributed by atoms with Crippen LogP contribution < -0.4 is 23.4 Å². The second-order valence-electron chi connectivity index (χ2n) is 11.3. The van der Waals surface area contributed by atoms with E-state index in [0.29, 0.717) is 51.9 Å². The lowest BCUT2D eigenvalue weighted by atomic mass is 9.66. The third kappa shape index (κ3) is 3.81. The molecule has 0 radical (unpaired) electrons. The third-order valence-corrected chi connectivity index (χ3v) is 13.3. The molecule has 1 fully saturated rings. The summed E-state index contributed by atoms with van der Waals surface area (Å²) in [5.74, 6) is 0.643. The van der Waals surface area contributed by atoms with Crippen molar-refractivity contribution in [2.75, 3.05) is 27.6 Å². The Morgan fingerprint density at radius 1 is 1.08 bits per heavy atom. The number of hydrogen-bond donors (Lipinski definition) is 1. The van der Waals surface area contributed by atoms with Gasteiger partial charge in [-0.05, 0) is 53.9 Å². The summed E-state index contributed by atoms with van der Waals surface area (Å²) in [5, 5.41) is 11.1. The zero-order valence-electron chi connectivity index (χ0n) is 22.2. The van der Waals surface area contributed by atoms with E-state index >= 15 is 0 Å². The number of methoxy groups -OCH3 is 2. The molecule has 0 unspecified atom stereocenters. The highest BCUT2D eigenvalue weighted by atomic mass is 35.5. The van der Waals surface area contributed by atoms with Crippen molar-refractivity contribution in [1.29, 1.82) is 0 Å². The average molecular weight is 549 g/mol. The fraction of sp³-hybridized carbons (Fsp3) is 0.519. The zero-order chi connectivity index (χ0) is 26.9. The van der Waals surface area contributed by atoms with E-state index < -0.39 is 25.1 Å². The average Bonchev–Trinajstić information content (AvgIpc) is 3.42. The first-order valence-corrected chi connectivity index (χ1v) is 15.6. The lowest BCUT2D eigenvalue weighted by Gasteiger charge is -2.40. The van der Waals surface area contributed by atoms with Gasteiger partial charge in [0.2, 0.25) is 12.5 Å². The van der Waals surface area contributed by atoms with E-state index in [1.807, 2.05) is 12.1 Å². The Kier molecular flexibility index (Phi) is 6.03. The molecule has 3 aliphatic rings. The van der Waals surface area contributed by atoms with Crippen molar-refractivity contribution in [3.05, 3.63) is 34.9 Å². The maximum Gasteiger partial charge on any atom is 0.328 e. The fourth-order valence-corrected chi connectivity index (χ4v) is 6.62. The van der Waals surface area contributed by atoms with Crippen LogP contribution in [0.5, 0.6) is 34.5 Å². The molecule has 10 heteroatoms. The quantitative estimate of drug-likeness (QED) is 0.303. The Hall–Kier alpha value is -2.78. The number of halogens is 1. The molecule has 0 bridgehead atoms. The summed E-state index contributed by atoms with van der Waals surface area (Å²) in [6, 6.07) is 5.46. The summed E-state index contributed by atoms with van der Waals surface area (Å²) in [6.45, 7) is 10.9. The van der Waals surface area contributed by atoms with Crippen LogP contribution in [0.1, 0.15) is 43.4 Å². The highest BCUT2D eigenvalue weighted by Crippen LogP contribution is 2.59. The van der Waals surface area contributed by atoms with Gasteiger partial charge in [0.1, 0.15) is 0 Å². The van der Waals surface area contributed by atoms with E-state index in [2.05, 4.69) is 33.9 Å². The van der Waals surface area contributed by atoms with Gasteiger partial charge in [-0.25, -0.2) is 0 Å². The fourth-order valence-electron chi connectivity index (χ4n) is 5.16. The topological polar surface area (TPSA) is 92.7 Å². The molecule has 37 heavy (non-hydrogen) atoms. The molecule has 2 aliphatic heterocycles. The molecule has 0 saturated carbocycles. The number of phenolic OH excluding ortho intramolecular Hbond substituents is 1. The Bertz CT molecular complexity index is 1250. The van der Waals surface area contributed by atoms with Crippen molar-refractivity contribution in [3.63, 3.8) is 0 Å². The van der Waals surface area contributed by atoms with Crippen LogP contribution in [0.2, 0.25) is 18.1 Å². The Morgan fingerprint density at radius 2 is 1.73 bits per heavy atom. The van der Waals surface area contributed by atoms with Crippen LogP contribution in [0.15, 0.2) is 18.2 Å². The number of esters is 1. The summed E-state index contributed by atoms with van der Waals surface area (Å²) >= 11 is 7.22. The molecule has 2 aromatic carbocycles. The van der Waals surface area contributed by atoms with Crippen LogP contribution in [0.4, 0.5) is 0 Å². The minimum Gasteiger partial charge on any atom is -0.539 e. The Labute approximate surface area is 222 Å².